The maximum atomic E-state index is 11.6. The lowest BCUT2D eigenvalue weighted by atomic mass is 10.2. The quantitative estimate of drug-likeness (QED) is 0.701. The molecule has 15 heavy (non-hydrogen) atoms. The van der Waals surface area contributed by atoms with Crippen molar-refractivity contribution in [2.45, 2.75) is 65.2 Å². The SMILES string of the molecule is CC(C)(C)[P](=O)C(C)(C)C.CCC(=O)O. The van der Waals surface area contributed by atoms with Crippen LogP contribution in [0.25, 0.3) is 0 Å². The van der Waals surface area contributed by atoms with Gasteiger partial charge in [-0.2, -0.15) is 0 Å². The normalized spacial score (nSPS) is 11.4. The van der Waals surface area contributed by atoms with Crippen molar-refractivity contribution in [3.05, 3.63) is 0 Å². The number of rotatable bonds is 1. The summed E-state index contributed by atoms with van der Waals surface area (Å²) in [5.74, 6) is -0.745. The number of hydrogen-bond acceptors (Lipinski definition) is 2. The van der Waals surface area contributed by atoms with Gasteiger partial charge in [0.05, 0.1) is 7.80 Å². The molecule has 1 radical (unpaired) electrons. The predicted octanol–water partition coefficient (Wildman–Crippen LogP) is 3.89. The fraction of sp³-hybridized carbons (Fsp3) is 0.909. The molecule has 0 atom stereocenters. The minimum atomic E-state index is -1.11. The van der Waals surface area contributed by atoms with E-state index in [0.29, 0.717) is 0 Å². The summed E-state index contributed by atoms with van der Waals surface area (Å²) in [6.45, 7) is 13.7. The summed E-state index contributed by atoms with van der Waals surface area (Å²) in [5, 5.41) is 7.63. The van der Waals surface area contributed by atoms with E-state index in [9.17, 15) is 9.36 Å². The van der Waals surface area contributed by atoms with Gasteiger partial charge in [-0.1, -0.05) is 48.5 Å². The van der Waals surface area contributed by atoms with E-state index in [0.717, 1.165) is 0 Å². The molecule has 0 aromatic carbocycles. The first-order valence-electron chi connectivity index (χ1n) is 5.12. The Morgan fingerprint density at radius 3 is 1.27 bits per heavy atom. The minimum Gasteiger partial charge on any atom is -0.481 e. The Morgan fingerprint density at radius 1 is 1.07 bits per heavy atom. The first kappa shape index (κ1) is 17.0. The molecule has 0 aliphatic heterocycles. The minimum absolute atomic E-state index is 0.0480. The van der Waals surface area contributed by atoms with E-state index in [2.05, 4.69) is 0 Å². The van der Waals surface area contributed by atoms with Crippen molar-refractivity contribution in [3.63, 3.8) is 0 Å². The van der Waals surface area contributed by atoms with Crippen LogP contribution in [0.15, 0.2) is 0 Å². The van der Waals surface area contributed by atoms with Crippen LogP contribution in [0.5, 0.6) is 0 Å². The Bertz CT molecular complexity index is 205. The maximum absolute atomic E-state index is 11.6. The van der Waals surface area contributed by atoms with Crippen LogP contribution >= 0.6 is 7.80 Å². The second kappa shape index (κ2) is 6.22. The number of hydrogen-bond donors (Lipinski definition) is 1. The highest BCUT2D eigenvalue weighted by Crippen LogP contribution is 2.49. The van der Waals surface area contributed by atoms with Crippen LogP contribution in [-0.4, -0.2) is 21.4 Å². The van der Waals surface area contributed by atoms with Crippen LogP contribution in [0.2, 0.25) is 0 Å². The van der Waals surface area contributed by atoms with Gasteiger partial charge in [0.25, 0.3) is 0 Å². The van der Waals surface area contributed by atoms with Gasteiger partial charge < -0.3 is 5.11 Å². The molecular weight excluding hydrogens is 211 g/mol. The molecule has 91 valence electrons. The van der Waals surface area contributed by atoms with E-state index in [-0.39, 0.29) is 16.7 Å². The highest BCUT2D eigenvalue weighted by atomic mass is 31.1. The first-order valence-corrected chi connectivity index (χ1v) is 6.38. The fourth-order valence-electron chi connectivity index (χ4n) is 1.01. The van der Waals surface area contributed by atoms with E-state index in [1.807, 2.05) is 41.5 Å². The number of carbonyl (C=O) groups is 1. The highest BCUT2D eigenvalue weighted by Gasteiger charge is 2.30. The van der Waals surface area contributed by atoms with Crippen molar-refractivity contribution in [2.75, 3.05) is 0 Å². The molecule has 4 heteroatoms. The van der Waals surface area contributed by atoms with Crippen LogP contribution in [0.4, 0.5) is 0 Å². The third-order valence-electron chi connectivity index (χ3n) is 1.52. The van der Waals surface area contributed by atoms with E-state index in [4.69, 9.17) is 5.11 Å². The molecule has 0 saturated carbocycles. The fourth-order valence-corrected chi connectivity index (χ4v) is 3.02. The first-order chi connectivity index (χ1) is 6.42. The average molecular weight is 235 g/mol. The van der Waals surface area contributed by atoms with E-state index in [1.165, 1.54) is 0 Å². The Hall–Kier alpha value is -0.430. The summed E-state index contributed by atoms with van der Waals surface area (Å²) in [6, 6.07) is 0. The summed E-state index contributed by atoms with van der Waals surface area (Å²) < 4.78 is 11.6. The Kier molecular flexibility index (Phi) is 7.04. The largest absolute Gasteiger partial charge is 0.481 e. The molecule has 0 fully saturated rings. The number of aliphatic carboxylic acids is 1. The zero-order chi connectivity index (χ0) is 12.9. The molecule has 0 aliphatic carbocycles. The molecule has 0 heterocycles. The van der Waals surface area contributed by atoms with Gasteiger partial charge in [-0.05, 0) is 0 Å². The highest BCUT2D eigenvalue weighted by molar-refractivity contribution is 7.48. The summed E-state index contributed by atoms with van der Waals surface area (Å²) in [6.07, 6.45) is 0.222. The lowest BCUT2D eigenvalue weighted by molar-refractivity contribution is -0.136. The van der Waals surface area contributed by atoms with Gasteiger partial charge in [0.1, 0.15) is 0 Å². The maximum Gasteiger partial charge on any atom is 0.303 e. The molecule has 0 aromatic heterocycles. The molecule has 0 aromatic rings. The smallest absolute Gasteiger partial charge is 0.303 e. The Morgan fingerprint density at radius 2 is 1.27 bits per heavy atom. The summed E-state index contributed by atoms with van der Waals surface area (Å²) in [7, 11) is -1.11. The second-order valence-electron chi connectivity index (χ2n) is 5.38. The van der Waals surface area contributed by atoms with Crippen molar-refractivity contribution in [2.24, 2.45) is 0 Å². The van der Waals surface area contributed by atoms with Gasteiger partial charge in [-0.15, -0.1) is 0 Å². The molecule has 0 bridgehead atoms. The van der Waals surface area contributed by atoms with Crippen molar-refractivity contribution < 1.29 is 14.5 Å². The van der Waals surface area contributed by atoms with Crippen LogP contribution in [-0.2, 0) is 9.36 Å². The van der Waals surface area contributed by atoms with Gasteiger partial charge >= 0.3 is 5.97 Å². The van der Waals surface area contributed by atoms with Crippen LogP contribution in [0.3, 0.4) is 0 Å². The van der Waals surface area contributed by atoms with E-state index < -0.39 is 13.8 Å². The summed E-state index contributed by atoms with van der Waals surface area (Å²) >= 11 is 0. The lowest BCUT2D eigenvalue weighted by Crippen LogP contribution is -2.20. The van der Waals surface area contributed by atoms with E-state index >= 15 is 0 Å². The standard InChI is InChI=1S/C8H18OP.C3H6O2/c1-7(2,3)10(9)8(4,5)6;1-2-3(4)5/h1-6H3;2H2,1H3,(H,4,5). The molecule has 0 rings (SSSR count). The monoisotopic (exact) mass is 235 g/mol. The number of carboxylic acid groups (broad SMARTS) is 1. The Balaban J connectivity index is 0. The van der Waals surface area contributed by atoms with E-state index in [1.54, 1.807) is 6.92 Å². The summed E-state index contributed by atoms with van der Waals surface area (Å²) in [5.41, 5.74) is 0. The van der Waals surface area contributed by atoms with Crippen LogP contribution < -0.4 is 0 Å². The molecule has 0 aliphatic rings. The summed E-state index contributed by atoms with van der Waals surface area (Å²) in [4.78, 5) is 9.37. The molecular formula is C11H24O3P. The van der Waals surface area contributed by atoms with Crippen molar-refractivity contribution in [1.29, 1.82) is 0 Å². The Labute approximate surface area is 94.1 Å². The van der Waals surface area contributed by atoms with Crippen molar-refractivity contribution in [1.82, 2.24) is 0 Å². The molecule has 0 unspecified atom stereocenters. The van der Waals surface area contributed by atoms with Crippen LogP contribution in [0, 0.1) is 0 Å². The predicted molar refractivity (Wildman–Crippen MR) is 65.0 cm³/mol. The molecule has 1 N–H and O–H groups in total. The molecule has 3 nitrogen and oxygen atoms in total. The molecule has 0 amide bonds. The lowest BCUT2D eigenvalue weighted by Gasteiger charge is -2.27. The zero-order valence-electron chi connectivity index (χ0n) is 10.9. The van der Waals surface area contributed by atoms with Crippen LogP contribution in [0.1, 0.15) is 54.9 Å². The third-order valence-corrected chi connectivity index (χ3v) is 3.96. The van der Waals surface area contributed by atoms with Gasteiger partial charge in [-0.3, -0.25) is 9.36 Å². The zero-order valence-corrected chi connectivity index (χ0v) is 11.8. The average Bonchev–Trinajstić information content (AvgIpc) is 2.01. The van der Waals surface area contributed by atoms with Crippen molar-refractivity contribution in [3.8, 4) is 0 Å². The van der Waals surface area contributed by atoms with Gasteiger partial charge in [-0.25, -0.2) is 0 Å². The van der Waals surface area contributed by atoms with Gasteiger partial charge in [0.15, 0.2) is 0 Å². The topological polar surface area (TPSA) is 54.4 Å². The van der Waals surface area contributed by atoms with Crippen molar-refractivity contribution >= 4 is 13.8 Å². The molecule has 0 saturated heterocycles. The number of carboxylic acids is 1. The second-order valence-corrected chi connectivity index (χ2v) is 8.66. The van der Waals surface area contributed by atoms with Gasteiger partial charge in [0, 0.05) is 16.7 Å². The van der Waals surface area contributed by atoms with Gasteiger partial charge in [0.2, 0.25) is 0 Å². The molecule has 0 spiro atoms. The third kappa shape index (κ3) is 9.86.